The summed E-state index contributed by atoms with van der Waals surface area (Å²) < 4.78 is 0. The molecule has 2 unspecified atom stereocenters. The van der Waals surface area contributed by atoms with Gasteiger partial charge in [0.1, 0.15) is 5.01 Å². The molecule has 1 heterocycles. The van der Waals surface area contributed by atoms with E-state index in [0.29, 0.717) is 11.3 Å². The molecule has 0 radical (unpaired) electrons. The molecule has 1 aliphatic rings. The fourth-order valence-corrected chi connectivity index (χ4v) is 4.65. The highest BCUT2D eigenvalue weighted by molar-refractivity contribution is 7.09. The smallest absolute Gasteiger partial charge is 0.113 e. The van der Waals surface area contributed by atoms with Gasteiger partial charge in [0.05, 0.1) is 5.54 Å². The lowest BCUT2D eigenvalue weighted by Crippen LogP contribution is -2.52. The molecule has 1 N–H and O–H groups in total. The zero-order chi connectivity index (χ0) is 13.4. The summed E-state index contributed by atoms with van der Waals surface area (Å²) in [6, 6.07) is 0. The Balaban J connectivity index is 2.44. The monoisotopic (exact) mass is 266 g/mol. The molecule has 0 amide bonds. The third kappa shape index (κ3) is 2.35. The third-order valence-electron chi connectivity index (χ3n) is 4.40. The topological polar surface area (TPSA) is 24.9 Å². The fraction of sp³-hybridized carbons (Fsp3) is 0.800. The molecule has 0 aromatic carbocycles. The van der Waals surface area contributed by atoms with Gasteiger partial charge in [0.15, 0.2) is 0 Å². The maximum absolute atomic E-state index is 4.80. The Bertz CT molecular complexity index is 405. The van der Waals surface area contributed by atoms with Gasteiger partial charge in [0.25, 0.3) is 0 Å². The van der Waals surface area contributed by atoms with Gasteiger partial charge in [-0.3, -0.25) is 0 Å². The summed E-state index contributed by atoms with van der Waals surface area (Å²) >= 11 is 1.83. The Morgan fingerprint density at radius 3 is 2.61 bits per heavy atom. The lowest BCUT2D eigenvalue weighted by atomic mass is 9.62. The lowest BCUT2D eigenvalue weighted by Gasteiger charge is -2.49. The van der Waals surface area contributed by atoms with E-state index < -0.39 is 0 Å². The Morgan fingerprint density at radius 2 is 2.11 bits per heavy atom. The van der Waals surface area contributed by atoms with E-state index in [4.69, 9.17) is 4.98 Å². The van der Waals surface area contributed by atoms with E-state index in [1.807, 2.05) is 11.3 Å². The number of hydrogen-bond donors (Lipinski definition) is 1. The molecule has 1 aromatic rings. The molecular weight excluding hydrogens is 240 g/mol. The van der Waals surface area contributed by atoms with Crippen LogP contribution in [0.1, 0.15) is 57.2 Å². The van der Waals surface area contributed by atoms with Crippen LogP contribution in [0, 0.1) is 18.3 Å². The van der Waals surface area contributed by atoms with Crippen molar-refractivity contribution in [2.45, 2.75) is 58.9 Å². The van der Waals surface area contributed by atoms with Crippen LogP contribution in [0.2, 0.25) is 0 Å². The van der Waals surface area contributed by atoms with E-state index in [-0.39, 0.29) is 5.54 Å². The minimum absolute atomic E-state index is 0.0927. The largest absolute Gasteiger partial charge is 0.308 e. The minimum atomic E-state index is 0.0927. The molecule has 0 spiro atoms. The van der Waals surface area contributed by atoms with Crippen LogP contribution < -0.4 is 5.32 Å². The summed E-state index contributed by atoms with van der Waals surface area (Å²) in [7, 11) is 2.11. The average Bonchev–Trinajstić information content (AvgIpc) is 2.75. The Hall–Kier alpha value is -0.410. The quantitative estimate of drug-likeness (QED) is 0.871. The Kier molecular flexibility index (Phi) is 3.84. The molecule has 1 aliphatic carbocycles. The van der Waals surface area contributed by atoms with Crippen molar-refractivity contribution in [1.82, 2.24) is 10.3 Å². The predicted octanol–water partition coefficient (Wildman–Crippen LogP) is 4.10. The minimum Gasteiger partial charge on any atom is -0.308 e. The summed E-state index contributed by atoms with van der Waals surface area (Å²) in [4.78, 5) is 4.80. The summed E-state index contributed by atoms with van der Waals surface area (Å²) in [6.07, 6.45) is 5.20. The molecule has 102 valence electrons. The number of rotatable bonds is 2. The number of thiazole rings is 1. The van der Waals surface area contributed by atoms with Crippen LogP contribution in [0.5, 0.6) is 0 Å². The molecule has 18 heavy (non-hydrogen) atoms. The van der Waals surface area contributed by atoms with Crippen molar-refractivity contribution in [2.24, 2.45) is 11.3 Å². The van der Waals surface area contributed by atoms with Crippen LogP contribution in [0.3, 0.4) is 0 Å². The van der Waals surface area contributed by atoms with Crippen LogP contribution in [-0.4, -0.2) is 12.0 Å². The highest BCUT2D eigenvalue weighted by Gasteiger charge is 2.47. The van der Waals surface area contributed by atoms with Crippen molar-refractivity contribution < 1.29 is 0 Å². The van der Waals surface area contributed by atoms with Crippen molar-refractivity contribution >= 4 is 11.3 Å². The molecule has 3 heteroatoms. The van der Waals surface area contributed by atoms with Gasteiger partial charge < -0.3 is 5.32 Å². The highest BCUT2D eigenvalue weighted by Crippen LogP contribution is 2.50. The SMILES string of the molecule is CNC1(c2nc(C)cs2)CCCCC1C(C)(C)C. The molecule has 0 bridgehead atoms. The van der Waals surface area contributed by atoms with Crippen LogP contribution in [0.15, 0.2) is 5.38 Å². The average molecular weight is 266 g/mol. The second-order valence-electron chi connectivity index (χ2n) is 6.68. The van der Waals surface area contributed by atoms with Crippen molar-refractivity contribution in [3.8, 4) is 0 Å². The highest BCUT2D eigenvalue weighted by atomic mass is 32.1. The zero-order valence-electron chi connectivity index (χ0n) is 12.3. The van der Waals surface area contributed by atoms with Gasteiger partial charge in [-0.25, -0.2) is 4.98 Å². The van der Waals surface area contributed by atoms with Crippen LogP contribution >= 0.6 is 11.3 Å². The van der Waals surface area contributed by atoms with E-state index >= 15 is 0 Å². The molecule has 2 rings (SSSR count). The van der Waals surface area contributed by atoms with Crippen LogP contribution in [0.4, 0.5) is 0 Å². The predicted molar refractivity (Wildman–Crippen MR) is 79.0 cm³/mol. The van der Waals surface area contributed by atoms with Crippen molar-refractivity contribution in [2.75, 3.05) is 7.05 Å². The van der Waals surface area contributed by atoms with E-state index in [0.717, 1.165) is 5.69 Å². The number of aromatic nitrogens is 1. The first-order chi connectivity index (χ1) is 8.40. The van der Waals surface area contributed by atoms with Crippen molar-refractivity contribution in [1.29, 1.82) is 0 Å². The summed E-state index contributed by atoms with van der Waals surface area (Å²) in [5.74, 6) is 0.661. The molecule has 1 aromatic heterocycles. The second-order valence-corrected chi connectivity index (χ2v) is 7.54. The summed E-state index contributed by atoms with van der Waals surface area (Å²) in [5.41, 5.74) is 1.57. The lowest BCUT2D eigenvalue weighted by molar-refractivity contribution is 0.0535. The molecule has 1 saturated carbocycles. The van der Waals surface area contributed by atoms with Crippen LogP contribution in [-0.2, 0) is 5.54 Å². The van der Waals surface area contributed by atoms with Crippen molar-refractivity contribution in [3.05, 3.63) is 16.1 Å². The zero-order valence-corrected chi connectivity index (χ0v) is 13.2. The first kappa shape index (κ1) is 14.0. The Morgan fingerprint density at radius 1 is 1.39 bits per heavy atom. The third-order valence-corrected chi connectivity index (χ3v) is 5.54. The maximum atomic E-state index is 4.80. The molecule has 0 aliphatic heterocycles. The molecule has 2 nitrogen and oxygen atoms in total. The second kappa shape index (κ2) is 4.93. The van der Waals surface area contributed by atoms with Gasteiger partial charge in [-0.15, -0.1) is 11.3 Å². The standard InChI is InChI=1S/C15H26N2S/c1-11-10-18-13(17-11)15(16-5)9-7-6-8-12(15)14(2,3)4/h10,12,16H,6-9H2,1-5H3. The van der Waals surface area contributed by atoms with Gasteiger partial charge in [-0.1, -0.05) is 33.6 Å². The molecule has 1 fully saturated rings. The van der Waals surface area contributed by atoms with E-state index in [9.17, 15) is 0 Å². The van der Waals surface area contributed by atoms with Gasteiger partial charge in [0.2, 0.25) is 0 Å². The van der Waals surface area contributed by atoms with E-state index in [1.54, 1.807) is 0 Å². The Labute approximate surface area is 115 Å². The van der Waals surface area contributed by atoms with Crippen LogP contribution in [0.25, 0.3) is 0 Å². The van der Waals surface area contributed by atoms with Gasteiger partial charge in [-0.2, -0.15) is 0 Å². The fourth-order valence-electron chi connectivity index (χ4n) is 3.57. The normalized spacial score (nSPS) is 29.5. The van der Waals surface area contributed by atoms with E-state index in [2.05, 4.69) is 45.4 Å². The number of hydrogen-bond acceptors (Lipinski definition) is 3. The number of nitrogens with zero attached hydrogens (tertiary/aromatic N) is 1. The van der Waals surface area contributed by atoms with Crippen molar-refractivity contribution in [3.63, 3.8) is 0 Å². The molecule has 2 atom stereocenters. The molecule has 0 saturated heterocycles. The number of aryl methyl sites for hydroxylation is 1. The summed E-state index contributed by atoms with van der Waals surface area (Å²) in [5, 5.41) is 7.13. The first-order valence-electron chi connectivity index (χ1n) is 7.01. The van der Waals surface area contributed by atoms with Gasteiger partial charge >= 0.3 is 0 Å². The summed E-state index contributed by atoms with van der Waals surface area (Å²) in [6.45, 7) is 9.21. The van der Waals surface area contributed by atoms with Gasteiger partial charge in [-0.05, 0) is 38.1 Å². The van der Waals surface area contributed by atoms with Gasteiger partial charge in [0, 0.05) is 11.1 Å². The molecular formula is C15H26N2S. The maximum Gasteiger partial charge on any atom is 0.113 e. The van der Waals surface area contributed by atoms with E-state index in [1.165, 1.54) is 30.7 Å². The first-order valence-corrected chi connectivity index (χ1v) is 7.89. The number of nitrogens with one attached hydrogen (secondary N) is 1.